The standard InChI is InChI=1S/C14H15ClN4O/c1-8-4-11-14(16-6-8)19(12(5-15)18-11)7-13-17-9(2)10(3)20-13/h4,6H,5,7H2,1-3H3. The lowest BCUT2D eigenvalue weighted by Gasteiger charge is -2.03. The van der Waals surface area contributed by atoms with Gasteiger partial charge in [0.1, 0.15) is 23.6 Å². The molecule has 0 spiro atoms. The first-order valence-corrected chi connectivity index (χ1v) is 6.92. The van der Waals surface area contributed by atoms with Crippen molar-refractivity contribution in [2.75, 3.05) is 0 Å². The zero-order chi connectivity index (χ0) is 14.3. The number of fused-ring (bicyclic) bond motifs is 1. The molecular formula is C14H15ClN4O. The van der Waals surface area contributed by atoms with Crippen LogP contribution in [0.2, 0.25) is 0 Å². The summed E-state index contributed by atoms with van der Waals surface area (Å²) in [5.41, 5.74) is 3.63. The molecule has 104 valence electrons. The fourth-order valence-electron chi connectivity index (χ4n) is 2.17. The number of nitrogens with zero attached hydrogens (tertiary/aromatic N) is 4. The predicted octanol–water partition coefficient (Wildman–Crippen LogP) is 3.13. The molecule has 0 atom stereocenters. The fourth-order valence-corrected chi connectivity index (χ4v) is 2.37. The van der Waals surface area contributed by atoms with E-state index in [1.54, 1.807) is 0 Å². The number of halogens is 1. The van der Waals surface area contributed by atoms with Gasteiger partial charge in [0, 0.05) is 6.20 Å². The van der Waals surface area contributed by atoms with Crippen LogP contribution in [0.5, 0.6) is 0 Å². The maximum absolute atomic E-state index is 5.98. The van der Waals surface area contributed by atoms with E-state index in [-0.39, 0.29) is 0 Å². The third-order valence-corrected chi connectivity index (χ3v) is 3.53. The number of imidazole rings is 1. The summed E-state index contributed by atoms with van der Waals surface area (Å²) in [5, 5.41) is 0. The van der Waals surface area contributed by atoms with Crippen molar-refractivity contribution >= 4 is 22.8 Å². The lowest BCUT2D eigenvalue weighted by Crippen LogP contribution is -2.05. The molecule has 0 saturated heterocycles. The summed E-state index contributed by atoms with van der Waals surface area (Å²) < 4.78 is 7.58. The molecule has 5 nitrogen and oxygen atoms in total. The predicted molar refractivity (Wildman–Crippen MR) is 76.9 cm³/mol. The smallest absolute Gasteiger partial charge is 0.214 e. The van der Waals surface area contributed by atoms with Gasteiger partial charge in [-0.2, -0.15) is 0 Å². The van der Waals surface area contributed by atoms with Crippen molar-refractivity contribution in [2.45, 2.75) is 33.2 Å². The van der Waals surface area contributed by atoms with Crippen molar-refractivity contribution in [3.8, 4) is 0 Å². The van der Waals surface area contributed by atoms with Crippen molar-refractivity contribution in [1.29, 1.82) is 0 Å². The maximum atomic E-state index is 5.98. The van der Waals surface area contributed by atoms with Gasteiger partial charge in [-0.1, -0.05) is 0 Å². The van der Waals surface area contributed by atoms with Gasteiger partial charge in [-0.15, -0.1) is 11.6 Å². The molecular weight excluding hydrogens is 276 g/mol. The van der Waals surface area contributed by atoms with E-state index < -0.39 is 0 Å². The Kier molecular flexibility index (Phi) is 3.22. The lowest BCUT2D eigenvalue weighted by atomic mass is 10.3. The molecule has 0 amide bonds. The van der Waals surface area contributed by atoms with Crippen molar-refractivity contribution in [2.24, 2.45) is 0 Å². The Bertz CT molecular complexity index is 755. The van der Waals surface area contributed by atoms with Crippen molar-refractivity contribution < 1.29 is 4.42 Å². The summed E-state index contributed by atoms with van der Waals surface area (Å²) in [6.07, 6.45) is 1.82. The molecule has 20 heavy (non-hydrogen) atoms. The quantitative estimate of drug-likeness (QED) is 0.695. The summed E-state index contributed by atoms with van der Waals surface area (Å²) in [5.74, 6) is 2.58. The first kappa shape index (κ1) is 13.1. The topological polar surface area (TPSA) is 56.7 Å². The van der Waals surface area contributed by atoms with Crippen LogP contribution in [0.25, 0.3) is 11.2 Å². The van der Waals surface area contributed by atoms with E-state index in [0.29, 0.717) is 18.3 Å². The van der Waals surface area contributed by atoms with E-state index in [2.05, 4.69) is 15.0 Å². The van der Waals surface area contributed by atoms with E-state index in [0.717, 1.165) is 34.0 Å². The van der Waals surface area contributed by atoms with Gasteiger partial charge in [-0.25, -0.2) is 15.0 Å². The van der Waals surface area contributed by atoms with Gasteiger partial charge in [-0.05, 0) is 32.4 Å². The molecule has 0 bridgehead atoms. The van der Waals surface area contributed by atoms with E-state index in [1.165, 1.54) is 0 Å². The normalized spacial score (nSPS) is 11.4. The van der Waals surface area contributed by atoms with Gasteiger partial charge in [0.2, 0.25) is 5.89 Å². The lowest BCUT2D eigenvalue weighted by molar-refractivity contribution is 0.456. The van der Waals surface area contributed by atoms with E-state index >= 15 is 0 Å². The fraction of sp³-hybridized carbons (Fsp3) is 0.357. The SMILES string of the molecule is Cc1cnc2c(c1)nc(CCl)n2Cc1nc(C)c(C)o1. The Balaban J connectivity index is 2.09. The average Bonchev–Trinajstić information content (AvgIpc) is 2.91. The highest BCUT2D eigenvalue weighted by Crippen LogP contribution is 2.19. The Hall–Kier alpha value is -1.88. The third kappa shape index (κ3) is 2.18. The van der Waals surface area contributed by atoms with E-state index in [4.69, 9.17) is 16.0 Å². The van der Waals surface area contributed by atoms with Gasteiger partial charge in [0.25, 0.3) is 0 Å². The summed E-state index contributed by atoms with van der Waals surface area (Å²) in [7, 11) is 0. The number of hydrogen-bond donors (Lipinski definition) is 0. The summed E-state index contributed by atoms with van der Waals surface area (Å²) in [4.78, 5) is 13.4. The Morgan fingerprint density at radius 1 is 1.25 bits per heavy atom. The van der Waals surface area contributed by atoms with Crippen molar-refractivity contribution in [1.82, 2.24) is 19.5 Å². The number of pyridine rings is 1. The van der Waals surface area contributed by atoms with Crippen molar-refractivity contribution in [3.63, 3.8) is 0 Å². The van der Waals surface area contributed by atoms with Crippen LogP contribution in [-0.2, 0) is 12.4 Å². The molecule has 6 heteroatoms. The molecule has 0 aliphatic rings. The first-order valence-electron chi connectivity index (χ1n) is 6.39. The van der Waals surface area contributed by atoms with Crippen LogP contribution >= 0.6 is 11.6 Å². The number of alkyl halides is 1. The number of hydrogen-bond acceptors (Lipinski definition) is 4. The summed E-state index contributed by atoms with van der Waals surface area (Å²) in [6, 6.07) is 2.00. The Labute approximate surface area is 121 Å². The zero-order valence-electron chi connectivity index (χ0n) is 11.6. The van der Waals surface area contributed by atoms with Crippen LogP contribution < -0.4 is 0 Å². The monoisotopic (exact) mass is 290 g/mol. The van der Waals surface area contributed by atoms with Crippen LogP contribution in [0, 0.1) is 20.8 Å². The minimum atomic E-state index is 0.327. The molecule has 0 aromatic carbocycles. The summed E-state index contributed by atoms with van der Waals surface area (Å²) in [6.45, 7) is 6.32. The number of aryl methyl sites for hydroxylation is 3. The largest absolute Gasteiger partial charge is 0.444 e. The minimum Gasteiger partial charge on any atom is -0.444 e. The van der Waals surface area contributed by atoms with E-state index in [1.807, 2.05) is 37.6 Å². The van der Waals surface area contributed by atoms with Crippen LogP contribution in [-0.4, -0.2) is 19.5 Å². The highest BCUT2D eigenvalue weighted by molar-refractivity contribution is 6.16. The molecule has 0 saturated carbocycles. The van der Waals surface area contributed by atoms with Crippen LogP contribution in [0.15, 0.2) is 16.7 Å². The van der Waals surface area contributed by atoms with Crippen LogP contribution in [0.1, 0.15) is 28.7 Å². The van der Waals surface area contributed by atoms with E-state index in [9.17, 15) is 0 Å². The second-order valence-corrected chi connectivity index (χ2v) is 5.12. The Morgan fingerprint density at radius 2 is 2.05 bits per heavy atom. The van der Waals surface area contributed by atoms with Gasteiger partial charge in [-0.3, -0.25) is 0 Å². The molecule has 0 unspecified atom stereocenters. The minimum absolute atomic E-state index is 0.327. The number of rotatable bonds is 3. The number of aromatic nitrogens is 4. The van der Waals surface area contributed by atoms with Gasteiger partial charge >= 0.3 is 0 Å². The third-order valence-electron chi connectivity index (χ3n) is 3.29. The molecule has 3 heterocycles. The van der Waals surface area contributed by atoms with Crippen LogP contribution in [0.3, 0.4) is 0 Å². The molecule has 3 aromatic heterocycles. The average molecular weight is 291 g/mol. The molecule has 0 aliphatic heterocycles. The highest BCUT2D eigenvalue weighted by Gasteiger charge is 2.14. The summed E-state index contributed by atoms with van der Waals surface area (Å²) >= 11 is 5.98. The molecule has 0 radical (unpaired) electrons. The molecule has 0 aliphatic carbocycles. The first-order chi connectivity index (χ1) is 9.58. The molecule has 3 rings (SSSR count). The molecule has 3 aromatic rings. The zero-order valence-corrected chi connectivity index (χ0v) is 12.4. The molecule has 0 N–H and O–H groups in total. The van der Waals surface area contributed by atoms with Gasteiger partial charge < -0.3 is 8.98 Å². The van der Waals surface area contributed by atoms with Gasteiger partial charge in [0.05, 0.1) is 11.6 Å². The highest BCUT2D eigenvalue weighted by atomic mass is 35.5. The second kappa shape index (κ2) is 4.90. The van der Waals surface area contributed by atoms with Gasteiger partial charge in [0.15, 0.2) is 5.65 Å². The maximum Gasteiger partial charge on any atom is 0.214 e. The second-order valence-electron chi connectivity index (χ2n) is 4.85. The molecule has 0 fully saturated rings. The van der Waals surface area contributed by atoms with Crippen LogP contribution in [0.4, 0.5) is 0 Å². The Morgan fingerprint density at radius 3 is 2.70 bits per heavy atom. The number of oxazole rings is 1. The van der Waals surface area contributed by atoms with Crippen molar-refractivity contribution in [3.05, 3.63) is 41.0 Å².